The van der Waals surface area contributed by atoms with Gasteiger partial charge in [-0.05, 0) is 55.2 Å². The van der Waals surface area contributed by atoms with Crippen LogP contribution in [0.2, 0.25) is 0 Å². The van der Waals surface area contributed by atoms with Gasteiger partial charge < -0.3 is 34.3 Å². The smallest absolute Gasteiger partial charge is 0.316 e. The minimum atomic E-state index is -1.75. The molecular weight excluding hydrogens is 536 g/mol. The van der Waals surface area contributed by atoms with E-state index in [-0.39, 0.29) is 24.7 Å². The zero-order valence-electron chi connectivity index (χ0n) is 26.0. The summed E-state index contributed by atoms with van der Waals surface area (Å²) in [5.41, 5.74) is 0.156. The van der Waals surface area contributed by atoms with Gasteiger partial charge in [0.05, 0.1) is 24.9 Å². The van der Waals surface area contributed by atoms with E-state index >= 15 is 0 Å². The van der Waals surface area contributed by atoms with Gasteiger partial charge in [0.2, 0.25) is 0 Å². The van der Waals surface area contributed by atoms with Crippen LogP contribution < -0.4 is 0 Å². The van der Waals surface area contributed by atoms with Gasteiger partial charge in [-0.25, -0.2) is 0 Å². The number of aliphatic hydroxyl groups excluding tert-OH is 2. The molecule has 3 fully saturated rings. The standard InChI is InChI=1S/C34H50O8/c1-7-19(2)30-22(5)13-14-33(42-30)17-26-16-25(41-33)12-11-21(4)28(35)20(3)9-8-10-24-18-39-31-29(36)23(6)15-27(32(37)40-26)34(24,31)38/h8-11,15,19-20,22,25-31,35-36,38H,7,12-14,16-18H2,1-6H3/b9-8+,21-11+,24-10+/t19-,20-,22-,25+,26-,27-,28-,29+,30+,31+,33+,34?/m0/s1. The van der Waals surface area contributed by atoms with Crippen molar-refractivity contribution in [1.29, 1.82) is 0 Å². The van der Waals surface area contributed by atoms with Crippen molar-refractivity contribution in [1.82, 2.24) is 0 Å². The Kier molecular flexibility index (Phi) is 9.25. The highest BCUT2D eigenvalue weighted by Gasteiger charge is 2.60. The Morgan fingerprint density at radius 1 is 1.10 bits per heavy atom. The molecule has 4 aliphatic heterocycles. The molecule has 3 saturated heterocycles. The highest BCUT2D eigenvalue weighted by atomic mass is 16.7. The lowest BCUT2D eigenvalue weighted by Gasteiger charge is -2.51. The number of ether oxygens (including phenoxy) is 4. The van der Waals surface area contributed by atoms with Crippen molar-refractivity contribution in [3.05, 3.63) is 47.1 Å². The molecular formula is C34H50O8. The van der Waals surface area contributed by atoms with Gasteiger partial charge in [0, 0.05) is 25.2 Å². The van der Waals surface area contributed by atoms with Crippen LogP contribution in [0.15, 0.2) is 47.1 Å². The molecule has 0 amide bonds. The molecule has 3 N–H and O–H groups in total. The molecule has 2 bridgehead atoms. The van der Waals surface area contributed by atoms with Gasteiger partial charge >= 0.3 is 5.97 Å². The van der Waals surface area contributed by atoms with Crippen LogP contribution in [0.1, 0.15) is 80.1 Å². The van der Waals surface area contributed by atoms with Crippen LogP contribution in [0.3, 0.4) is 0 Å². The molecule has 5 aliphatic rings. The van der Waals surface area contributed by atoms with Crippen molar-refractivity contribution in [3.63, 3.8) is 0 Å². The summed E-state index contributed by atoms with van der Waals surface area (Å²) in [6.07, 6.45) is 9.73. The molecule has 0 aromatic rings. The van der Waals surface area contributed by atoms with E-state index in [1.165, 1.54) is 0 Å². The summed E-state index contributed by atoms with van der Waals surface area (Å²) in [6.45, 7) is 12.3. The molecule has 234 valence electrons. The highest BCUT2D eigenvalue weighted by Crippen LogP contribution is 2.47. The molecule has 1 spiro atoms. The maximum absolute atomic E-state index is 14.0. The van der Waals surface area contributed by atoms with E-state index in [2.05, 4.69) is 20.8 Å². The van der Waals surface area contributed by atoms with Gasteiger partial charge in [0.1, 0.15) is 29.8 Å². The van der Waals surface area contributed by atoms with E-state index in [4.69, 9.17) is 18.9 Å². The van der Waals surface area contributed by atoms with Crippen molar-refractivity contribution in [2.45, 2.75) is 128 Å². The van der Waals surface area contributed by atoms with Gasteiger partial charge in [-0.3, -0.25) is 4.79 Å². The Labute approximate surface area is 250 Å². The number of aliphatic hydroxyl groups is 3. The first-order valence-corrected chi connectivity index (χ1v) is 15.9. The van der Waals surface area contributed by atoms with E-state index in [9.17, 15) is 20.1 Å². The van der Waals surface area contributed by atoms with Gasteiger partial charge in [0.25, 0.3) is 0 Å². The summed E-state index contributed by atoms with van der Waals surface area (Å²) >= 11 is 0. The summed E-state index contributed by atoms with van der Waals surface area (Å²) in [4.78, 5) is 14.0. The lowest BCUT2D eigenvalue weighted by atomic mass is 9.71. The molecule has 12 atom stereocenters. The summed E-state index contributed by atoms with van der Waals surface area (Å²) in [5, 5.41) is 34.0. The van der Waals surface area contributed by atoms with E-state index in [1.807, 2.05) is 26.0 Å². The Hall–Kier alpha value is -1.81. The van der Waals surface area contributed by atoms with Gasteiger partial charge in [-0.1, -0.05) is 64.5 Å². The molecule has 0 saturated carbocycles. The Bertz CT molecular complexity index is 1140. The third-order valence-electron chi connectivity index (χ3n) is 10.5. The molecule has 0 aromatic carbocycles. The zero-order chi connectivity index (χ0) is 30.4. The fourth-order valence-corrected chi connectivity index (χ4v) is 7.55. The minimum Gasteiger partial charge on any atom is -0.462 e. The predicted octanol–water partition coefficient (Wildman–Crippen LogP) is 4.53. The molecule has 5 rings (SSSR count). The SMILES string of the molecule is CC[C@H](C)[C@H]1O[C@]2(CC[C@@H]1C)C[C@@H]1C[C@@H](C/C=C(\C)[C@@H](O)[C@@H](C)/C=C/C=C3\CO[C@@H]4[C@H](O)C(C)=C[C@@H](C(=O)O1)C34O)O2. The molecule has 4 heterocycles. The molecule has 1 aliphatic carbocycles. The molecule has 0 aromatic heterocycles. The van der Waals surface area contributed by atoms with E-state index in [0.717, 1.165) is 18.4 Å². The van der Waals surface area contributed by atoms with Crippen LogP contribution >= 0.6 is 0 Å². The van der Waals surface area contributed by atoms with E-state index in [1.54, 1.807) is 25.2 Å². The molecule has 0 radical (unpaired) electrons. The lowest BCUT2D eigenvalue weighted by molar-refractivity contribution is -0.340. The molecule has 1 unspecified atom stereocenters. The number of hydrogen-bond acceptors (Lipinski definition) is 8. The monoisotopic (exact) mass is 586 g/mol. The van der Waals surface area contributed by atoms with Crippen LogP contribution in [0, 0.1) is 23.7 Å². The minimum absolute atomic E-state index is 0.0404. The van der Waals surface area contributed by atoms with Crippen molar-refractivity contribution in [2.24, 2.45) is 23.7 Å². The Morgan fingerprint density at radius 3 is 2.60 bits per heavy atom. The second-order valence-electron chi connectivity index (χ2n) is 13.6. The second-order valence-corrected chi connectivity index (χ2v) is 13.6. The fourth-order valence-electron chi connectivity index (χ4n) is 7.55. The average Bonchev–Trinajstić information content (AvgIpc) is 3.30. The quantitative estimate of drug-likeness (QED) is 0.320. The number of allylic oxidation sites excluding steroid dienone is 2. The number of hydrogen-bond donors (Lipinski definition) is 3. The van der Waals surface area contributed by atoms with Crippen LogP contribution in [0.5, 0.6) is 0 Å². The first kappa shape index (κ1) is 31.6. The van der Waals surface area contributed by atoms with Crippen LogP contribution in [0.4, 0.5) is 0 Å². The van der Waals surface area contributed by atoms with Gasteiger partial charge in [0.15, 0.2) is 5.79 Å². The average molecular weight is 587 g/mol. The summed E-state index contributed by atoms with van der Waals surface area (Å²) < 4.78 is 25.7. The maximum atomic E-state index is 14.0. The Balaban J connectivity index is 1.53. The third-order valence-corrected chi connectivity index (χ3v) is 10.5. The number of esters is 1. The first-order chi connectivity index (χ1) is 19.9. The first-order valence-electron chi connectivity index (χ1n) is 15.9. The van der Waals surface area contributed by atoms with E-state index < -0.39 is 47.7 Å². The summed E-state index contributed by atoms with van der Waals surface area (Å²) in [6, 6.07) is 0. The van der Waals surface area contributed by atoms with E-state index in [0.29, 0.717) is 48.7 Å². The molecule has 42 heavy (non-hydrogen) atoms. The van der Waals surface area contributed by atoms with Crippen LogP contribution in [0.25, 0.3) is 0 Å². The topological polar surface area (TPSA) is 115 Å². The number of carbonyl (C=O) groups excluding carboxylic acids is 1. The van der Waals surface area contributed by atoms with Gasteiger partial charge in [-0.2, -0.15) is 0 Å². The fraction of sp³-hybridized carbons (Fsp3) is 0.735. The highest BCUT2D eigenvalue weighted by molar-refractivity contribution is 5.78. The lowest BCUT2D eigenvalue weighted by Crippen LogP contribution is -2.58. The summed E-state index contributed by atoms with van der Waals surface area (Å²) in [5.74, 6) is -1.88. The van der Waals surface area contributed by atoms with Crippen molar-refractivity contribution in [3.8, 4) is 0 Å². The predicted molar refractivity (Wildman–Crippen MR) is 158 cm³/mol. The molecule has 8 nitrogen and oxygen atoms in total. The zero-order valence-corrected chi connectivity index (χ0v) is 26.0. The van der Waals surface area contributed by atoms with Crippen molar-refractivity contribution in [2.75, 3.05) is 6.61 Å². The number of fused-ring (bicyclic) bond motifs is 2. The normalized spacial score (nSPS) is 48.6. The number of rotatable bonds is 2. The molecule has 8 heteroatoms. The van der Waals surface area contributed by atoms with Crippen LogP contribution in [-0.2, 0) is 23.7 Å². The third kappa shape index (κ3) is 5.83. The summed E-state index contributed by atoms with van der Waals surface area (Å²) in [7, 11) is 0. The van der Waals surface area contributed by atoms with Crippen molar-refractivity contribution < 1.29 is 39.1 Å². The Morgan fingerprint density at radius 2 is 1.86 bits per heavy atom. The van der Waals surface area contributed by atoms with Gasteiger partial charge in [-0.15, -0.1) is 0 Å². The second kappa shape index (κ2) is 12.3. The maximum Gasteiger partial charge on any atom is 0.316 e. The number of carbonyl (C=O) groups is 1. The largest absolute Gasteiger partial charge is 0.462 e. The van der Waals surface area contributed by atoms with Crippen LogP contribution in [-0.4, -0.2) is 75.9 Å². The van der Waals surface area contributed by atoms with Crippen molar-refractivity contribution >= 4 is 5.97 Å².